The number of Topliss-reactive ketones (excluding diaryl/α,β-unsaturated/α-hetero) is 1. The van der Waals surface area contributed by atoms with Crippen LogP contribution in [-0.4, -0.2) is 39.3 Å². The van der Waals surface area contributed by atoms with E-state index in [0.717, 1.165) is 28.4 Å². The van der Waals surface area contributed by atoms with E-state index in [1.165, 1.54) is 36.4 Å². The van der Waals surface area contributed by atoms with Crippen LogP contribution in [0.5, 0.6) is 0 Å². The third-order valence-corrected chi connectivity index (χ3v) is 6.57. The van der Waals surface area contributed by atoms with Gasteiger partial charge < -0.3 is 9.84 Å². The number of non-ortho nitro benzene ring substituents is 1. The predicted octanol–water partition coefficient (Wildman–Crippen LogP) is 4.30. The maximum Gasteiger partial charge on any atom is 0.350 e. The molecule has 1 N–H and O–H groups in total. The van der Waals surface area contributed by atoms with Crippen LogP contribution in [0.3, 0.4) is 0 Å². The van der Waals surface area contributed by atoms with E-state index < -0.39 is 40.2 Å². The van der Waals surface area contributed by atoms with E-state index in [0.29, 0.717) is 0 Å². The number of nitro groups is 1. The first kappa shape index (κ1) is 24.7. The minimum atomic E-state index is -1.23. The summed E-state index contributed by atoms with van der Waals surface area (Å²) >= 11 is 0.834. The number of ether oxygens (including phenoxy) is 1. The topological polar surface area (TPSA) is 140 Å². The van der Waals surface area contributed by atoms with Crippen molar-refractivity contribution in [1.29, 1.82) is 0 Å². The number of hydrogen-bond acceptors (Lipinski definition) is 9. The minimum Gasteiger partial charge on any atom is -0.507 e. The van der Waals surface area contributed by atoms with Crippen LogP contribution < -0.4 is 4.90 Å². The normalized spacial score (nSPS) is 16.9. The van der Waals surface area contributed by atoms with Crippen LogP contribution in [0, 0.1) is 22.9 Å². The Bertz CT molecular complexity index is 1410. The first-order valence-corrected chi connectivity index (χ1v) is 11.4. The van der Waals surface area contributed by atoms with Gasteiger partial charge in [-0.3, -0.25) is 24.6 Å². The lowest BCUT2D eigenvalue weighted by atomic mass is 9.95. The summed E-state index contributed by atoms with van der Waals surface area (Å²) in [4.78, 5) is 54.6. The van der Waals surface area contributed by atoms with E-state index in [1.807, 2.05) is 0 Å². The Morgan fingerprint density at radius 2 is 1.83 bits per heavy atom. The molecule has 0 aliphatic carbocycles. The lowest BCUT2D eigenvalue weighted by molar-refractivity contribution is -0.384. The molecule has 0 spiro atoms. The fourth-order valence-corrected chi connectivity index (χ4v) is 4.75. The Kier molecular flexibility index (Phi) is 6.62. The molecule has 1 aliphatic heterocycles. The molecule has 12 heteroatoms. The molecule has 1 aliphatic rings. The molecule has 1 aromatic heterocycles. The molecule has 2 heterocycles. The van der Waals surface area contributed by atoms with E-state index in [4.69, 9.17) is 4.74 Å². The number of amides is 1. The summed E-state index contributed by atoms with van der Waals surface area (Å²) in [7, 11) is 0. The predicted molar refractivity (Wildman–Crippen MR) is 127 cm³/mol. The van der Waals surface area contributed by atoms with Crippen molar-refractivity contribution in [2.75, 3.05) is 11.5 Å². The number of rotatable bonds is 6. The number of carbonyl (C=O) groups is 3. The summed E-state index contributed by atoms with van der Waals surface area (Å²) < 4.78 is 18.5. The average Bonchev–Trinajstić information content (AvgIpc) is 3.36. The molecular formula is C24H18FN3O7S. The summed E-state index contributed by atoms with van der Waals surface area (Å²) in [6.45, 7) is 3.30. The molecule has 184 valence electrons. The number of nitro benzene ring substituents is 1. The molecule has 2 aromatic carbocycles. The number of carbonyl (C=O) groups excluding carboxylic acids is 3. The summed E-state index contributed by atoms with van der Waals surface area (Å²) in [5.74, 6) is -3.83. The number of aryl methyl sites for hydroxylation is 1. The number of esters is 1. The molecule has 0 unspecified atom stereocenters. The fourth-order valence-electron chi connectivity index (χ4n) is 3.76. The lowest BCUT2D eigenvalue weighted by Gasteiger charge is -2.22. The Balaban J connectivity index is 1.91. The number of ketones is 1. The van der Waals surface area contributed by atoms with Crippen molar-refractivity contribution in [3.63, 3.8) is 0 Å². The van der Waals surface area contributed by atoms with Gasteiger partial charge in [-0.15, -0.1) is 0 Å². The fraction of sp³-hybridized carbons (Fsp3) is 0.167. The Morgan fingerprint density at radius 3 is 2.42 bits per heavy atom. The monoisotopic (exact) mass is 511 g/mol. The molecule has 0 bridgehead atoms. The van der Waals surface area contributed by atoms with Gasteiger partial charge in [0.2, 0.25) is 0 Å². The Hall–Kier alpha value is -4.45. The average molecular weight is 511 g/mol. The van der Waals surface area contributed by atoms with Gasteiger partial charge in [0.15, 0.2) is 5.13 Å². The summed E-state index contributed by atoms with van der Waals surface area (Å²) in [6.07, 6.45) is 0. The zero-order valence-corrected chi connectivity index (χ0v) is 19.7. The van der Waals surface area contributed by atoms with E-state index in [9.17, 15) is 34.0 Å². The van der Waals surface area contributed by atoms with Gasteiger partial charge in [-0.25, -0.2) is 14.2 Å². The number of aliphatic hydroxyl groups is 1. The van der Waals surface area contributed by atoms with Crippen molar-refractivity contribution < 1.29 is 33.5 Å². The second-order valence-electron chi connectivity index (χ2n) is 7.66. The van der Waals surface area contributed by atoms with Crippen LogP contribution in [0.4, 0.5) is 15.2 Å². The van der Waals surface area contributed by atoms with Crippen molar-refractivity contribution >= 4 is 45.6 Å². The van der Waals surface area contributed by atoms with Gasteiger partial charge in [0.25, 0.3) is 11.5 Å². The zero-order valence-electron chi connectivity index (χ0n) is 18.9. The Labute approximate surface area is 207 Å². The number of benzene rings is 2. The number of halogens is 1. The van der Waals surface area contributed by atoms with E-state index in [2.05, 4.69) is 4.98 Å². The van der Waals surface area contributed by atoms with Crippen LogP contribution in [0.1, 0.15) is 39.5 Å². The molecule has 1 atom stereocenters. The van der Waals surface area contributed by atoms with Gasteiger partial charge in [-0.05, 0) is 55.8 Å². The highest BCUT2D eigenvalue weighted by molar-refractivity contribution is 7.17. The van der Waals surface area contributed by atoms with Crippen molar-refractivity contribution in [3.8, 4) is 0 Å². The van der Waals surface area contributed by atoms with E-state index in [1.54, 1.807) is 13.8 Å². The maximum absolute atomic E-state index is 13.4. The molecule has 36 heavy (non-hydrogen) atoms. The molecule has 1 amide bonds. The number of aliphatic hydroxyl groups excluding tert-OH is 1. The molecule has 1 fully saturated rings. The van der Waals surface area contributed by atoms with Gasteiger partial charge in [0, 0.05) is 17.7 Å². The first-order chi connectivity index (χ1) is 17.1. The highest BCUT2D eigenvalue weighted by atomic mass is 32.1. The number of hydrogen-bond donors (Lipinski definition) is 1. The standard InChI is InChI=1S/C24H18FN3O7S/c1-3-35-23(32)21-12(2)26-24(36-21)27-18(13-6-10-16(11-7-13)28(33)34)17(20(30)22(27)31)19(29)14-4-8-15(25)9-5-14/h4-11,18,29H,3H2,1-2H3/b19-17+/t18-/m0/s1. The quantitative estimate of drug-likeness (QED) is 0.129. The van der Waals surface area contributed by atoms with E-state index >= 15 is 0 Å². The van der Waals surface area contributed by atoms with Crippen molar-refractivity contribution in [1.82, 2.24) is 4.98 Å². The molecule has 4 rings (SSSR count). The van der Waals surface area contributed by atoms with Gasteiger partial charge in [-0.1, -0.05) is 11.3 Å². The highest BCUT2D eigenvalue weighted by Crippen LogP contribution is 2.44. The lowest BCUT2D eigenvalue weighted by Crippen LogP contribution is -2.29. The van der Waals surface area contributed by atoms with Crippen LogP contribution in [0.15, 0.2) is 54.1 Å². The summed E-state index contributed by atoms with van der Waals surface area (Å²) in [6, 6.07) is 8.54. The van der Waals surface area contributed by atoms with Gasteiger partial charge in [0.1, 0.15) is 16.5 Å². The van der Waals surface area contributed by atoms with Crippen LogP contribution >= 0.6 is 11.3 Å². The number of thiazole rings is 1. The Morgan fingerprint density at radius 1 is 1.19 bits per heavy atom. The SMILES string of the molecule is CCOC(=O)c1sc(N2C(=O)C(=O)/C(=C(/O)c3ccc(F)cc3)[C@@H]2c2ccc([N+](=O)[O-])cc2)nc1C. The summed E-state index contributed by atoms with van der Waals surface area (Å²) in [5.41, 5.74) is 0.101. The van der Waals surface area contributed by atoms with E-state index in [-0.39, 0.29) is 44.7 Å². The summed E-state index contributed by atoms with van der Waals surface area (Å²) in [5, 5.41) is 22.1. The van der Waals surface area contributed by atoms with Crippen LogP contribution in [0.25, 0.3) is 5.76 Å². The molecule has 3 aromatic rings. The largest absolute Gasteiger partial charge is 0.507 e. The molecule has 10 nitrogen and oxygen atoms in total. The second-order valence-corrected chi connectivity index (χ2v) is 8.63. The van der Waals surface area contributed by atoms with Crippen molar-refractivity contribution in [2.24, 2.45) is 0 Å². The minimum absolute atomic E-state index is 0.000776. The molecular weight excluding hydrogens is 493 g/mol. The molecule has 1 saturated heterocycles. The third kappa shape index (κ3) is 4.33. The highest BCUT2D eigenvalue weighted by Gasteiger charge is 2.48. The molecule has 0 radical (unpaired) electrons. The van der Waals surface area contributed by atoms with Gasteiger partial charge >= 0.3 is 11.9 Å². The molecule has 0 saturated carbocycles. The number of anilines is 1. The maximum atomic E-state index is 13.4. The first-order valence-electron chi connectivity index (χ1n) is 10.6. The third-order valence-electron chi connectivity index (χ3n) is 5.43. The van der Waals surface area contributed by atoms with Gasteiger partial charge in [-0.2, -0.15) is 0 Å². The van der Waals surface area contributed by atoms with Crippen molar-refractivity contribution in [3.05, 3.63) is 91.7 Å². The second kappa shape index (κ2) is 9.66. The van der Waals surface area contributed by atoms with Crippen LogP contribution in [0.2, 0.25) is 0 Å². The van der Waals surface area contributed by atoms with Gasteiger partial charge in [0.05, 0.1) is 28.8 Å². The van der Waals surface area contributed by atoms with Crippen LogP contribution in [-0.2, 0) is 14.3 Å². The smallest absolute Gasteiger partial charge is 0.350 e. The zero-order chi connectivity index (χ0) is 26.1. The number of aromatic nitrogens is 1. The van der Waals surface area contributed by atoms with Crippen molar-refractivity contribution in [2.45, 2.75) is 19.9 Å². The number of nitrogens with zero attached hydrogens (tertiary/aromatic N) is 3.